The number of halogens is 1. The molecule has 0 fully saturated rings. The van der Waals surface area contributed by atoms with Crippen molar-refractivity contribution in [2.75, 3.05) is 5.32 Å². The zero-order valence-electron chi connectivity index (χ0n) is 16.4. The van der Waals surface area contributed by atoms with Gasteiger partial charge in [0, 0.05) is 22.7 Å². The predicted octanol–water partition coefficient (Wildman–Crippen LogP) is 4.94. The Labute approximate surface area is 175 Å². The zero-order valence-corrected chi connectivity index (χ0v) is 17.2. The van der Waals surface area contributed by atoms with Crippen molar-refractivity contribution in [1.82, 2.24) is 5.32 Å². The molecule has 29 heavy (non-hydrogen) atoms. The van der Waals surface area contributed by atoms with E-state index >= 15 is 0 Å². The maximum absolute atomic E-state index is 13.1. The topological polar surface area (TPSA) is 58.2 Å². The molecule has 1 unspecified atom stereocenters. The van der Waals surface area contributed by atoms with E-state index in [-0.39, 0.29) is 11.8 Å². The summed E-state index contributed by atoms with van der Waals surface area (Å²) in [7, 11) is 0. The van der Waals surface area contributed by atoms with E-state index in [1.807, 2.05) is 62.4 Å². The Balaban J connectivity index is 1.81. The first kappa shape index (κ1) is 20.6. The molecule has 0 heterocycles. The van der Waals surface area contributed by atoms with Gasteiger partial charge in [-0.05, 0) is 60.9 Å². The van der Waals surface area contributed by atoms with Gasteiger partial charge in [0.15, 0.2) is 0 Å². The van der Waals surface area contributed by atoms with E-state index in [0.717, 1.165) is 22.4 Å². The minimum absolute atomic E-state index is 0.259. The number of carbonyl (C=O) groups is 2. The van der Waals surface area contributed by atoms with Crippen molar-refractivity contribution in [2.45, 2.75) is 26.3 Å². The summed E-state index contributed by atoms with van der Waals surface area (Å²) in [6.07, 6.45) is 0.386. The zero-order chi connectivity index (χ0) is 20.8. The first-order valence-electron chi connectivity index (χ1n) is 9.41. The minimum Gasteiger partial charge on any atom is -0.340 e. The molecule has 0 saturated heterocycles. The molecule has 1 atom stereocenters. The first-order valence-corrected chi connectivity index (χ1v) is 9.78. The maximum atomic E-state index is 13.1. The van der Waals surface area contributed by atoms with Crippen LogP contribution in [0.3, 0.4) is 0 Å². The van der Waals surface area contributed by atoms with E-state index in [0.29, 0.717) is 17.0 Å². The molecule has 3 aromatic rings. The SMILES string of the molecule is Cc1ccc(C)c(NC(=O)C(Cc2ccccc2)NC(=O)c2ccc(Cl)cc2)c1. The number of aryl methyl sites for hydroxylation is 2. The summed E-state index contributed by atoms with van der Waals surface area (Å²) in [6, 6.07) is 21.4. The van der Waals surface area contributed by atoms with Gasteiger partial charge in [0.05, 0.1) is 0 Å². The molecule has 0 aliphatic heterocycles. The van der Waals surface area contributed by atoms with Gasteiger partial charge < -0.3 is 10.6 Å². The molecule has 0 bridgehead atoms. The van der Waals surface area contributed by atoms with Gasteiger partial charge in [-0.3, -0.25) is 9.59 Å². The smallest absolute Gasteiger partial charge is 0.251 e. The number of hydrogen-bond donors (Lipinski definition) is 2. The second-order valence-corrected chi connectivity index (χ2v) is 7.47. The molecule has 0 aliphatic rings. The monoisotopic (exact) mass is 406 g/mol. The summed E-state index contributed by atoms with van der Waals surface area (Å²) in [4.78, 5) is 25.8. The number of rotatable bonds is 6. The van der Waals surface area contributed by atoms with Crippen LogP contribution in [0.15, 0.2) is 72.8 Å². The number of carbonyl (C=O) groups excluding carboxylic acids is 2. The standard InChI is InChI=1S/C24H23ClN2O2/c1-16-8-9-17(2)21(14-16)26-24(29)22(15-18-6-4-3-5-7-18)27-23(28)19-10-12-20(25)13-11-19/h3-14,22H,15H2,1-2H3,(H,26,29)(H,27,28). The van der Waals surface area contributed by atoms with Crippen molar-refractivity contribution in [3.8, 4) is 0 Å². The molecule has 3 aromatic carbocycles. The van der Waals surface area contributed by atoms with Gasteiger partial charge in [-0.15, -0.1) is 0 Å². The van der Waals surface area contributed by atoms with Gasteiger partial charge in [0.1, 0.15) is 6.04 Å². The Bertz CT molecular complexity index is 1000. The van der Waals surface area contributed by atoms with Crippen molar-refractivity contribution < 1.29 is 9.59 Å². The minimum atomic E-state index is -0.722. The van der Waals surface area contributed by atoms with E-state index < -0.39 is 6.04 Å². The van der Waals surface area contributed by atoms with E-state index in [1.54, 1.807) is 24.3 Å². The number of amides is 2. The lowest BCUT2D eigenvalue weighted by molar-refractivity contribution is -0.118. The van der Waals surface area contributed by atoms with Gasteiger partial charge in [0.2, 0.25) is 5.91 Å². The van der Waals surface area contributed by atoms with E-state index in [2.05, 4.69) is 10.6 Å². The molecule has 2 amide bonds. The fourth-order valence-corrected chi connectivity index (χ4v) is 3.12. The Kier molecular flexibility index (Phi) is 6.68. The van der Waals surface area contributed by atoms with Gasteiger partial charge in [-0.1, -0.05) is 54.1 Å². The van der Waals surface area contributed by atoms with Crippen LogP contribution >= 0.6 is 11.6 Å². The van der Waals surface area contributed by atoms with Crippen LogP contribution in [-0.4, -0.2) is 17.9 Å². The molecule has 0 radical (unpaired) electrons. The second kappa shape index (κ2) is 9.39. The van der Waals surface area contributed by atoms with Crippen LogP contribution in [0.25, 0.3) is 0 Å². The summed E-state index contributed by atoms with van der Waals surface area (Å²) in [5.41, 5.74) is 4.17. The van der Waals surface area contributed by atoms with Crippen LogP contribution in [0.5, 0.6) is 0 Å². The lowest BCUT2D eigenvalue weighted by Crippen LogP contribution is -2.45. The van der Waals surface area contributed by atoms with Crippen LogP contribution in [0.1, 0.15) is 27.0 Å². The third kappa shape index (κ3) is 5.69. The first-order chi connectivity index (χ1) is 13.9. The molecule has 0 spiro atoms. The predicted molar refractivity (Wildman–Crippen MR) is 117 cm³/mol. The molecule has 5 heteroatoms. The van der Waals surface area contributed by atoms with Crippen LogP contribution in [-0.2, 0) is 11.2 Å². The number of nitrogens with one attached hydrogen (secondary N) is 2. The Morgan fingerprint density at radius 1 is 0.931 bits per heavy atom. The highest BCUT2D eigenvalue weighted by Gasteiger charge is 2.22. The quantitative estimate of drug-likeness (QED) is 0.609. The molecular weight excluding hydrogens is 384 g/mol. The molecule has 148 valence electrons. The molecule has 0 aromatic heterocycles. The molecule has 4 nitrogen and oxygen atoms in total. The third-order valence-corrected chi connectivity index (χ3v) is 4.91. The van der Waals surface area contributed by atoms with Gasteiger partial charge in [-0.2, -0.15) is 0 Å². The fraction of sp³-hybridized carbons (Fsp3) is 0.167. The van der Waals surface area contributed by atoms with Gasteiger partial charge in [0.25, 0.3) is 5.91 Å². The van der Waals surface area contributed by atoms with Crippen molar-refractivity contribution in [3.05, 3.63) is 100 Å². The Hall–Kier alpha value is -3.11. The summed E-state index contributed by atoms with van der Waals surface area (Å²) in [6.45, 7) is 3.91. The Morgan fingerprint density at radius 3 is 2.31 bits per heavy atom. The molecule has 0 aliphatic carbocycles. The lowest BCUT2D eigenvalue weighted by atomic mass is 10.0. The van der Waals surface area contributed by atoms with E-state index in [4.69, 9.17) is 11.6 Å². The molecule has 3 rings (SSSR count). The van der Waals surface area contributed by atoms with E-state index in [1.165, 1.54) is 0 Å². The highest BCUT2D eigenvalue weighted by atomic mass is 35.5. The van der Waals surface area contributed by atoms with Crippen LogP contribution < -0.4 is 10.6 Å². The highest BCUT2D eigenvalue weighted by molar-refractivity contribution is 6.30. The largest absolute Gasteiger partial charge is 0.340 e. The molecule has 0 saturated carbocycles. The number of benzene rings is 3. The van der Waals surface area contributed by atoms with Crippen molar-refractivity contribution in [1.29, 1.82) is 0 Å². The fourth-order valence-electron chi connectivity index (χ4n) is 2.99. The summed E-state index contributed by atoms with van der Waals surface area (Å²) < 4.78 is 0. The van der Waals surface area contributed by atoms with Gasteiger partial charge in [-0.25, -0.2) is 0 Å². The van der Waals surface area contributed by atoms with Crippen molar-refractivity contribution >= 4 is 29.1 Å². The van der Waals surface area contributed by atoms with Gasteiger partial charge >= 0.3 is 0 Å². The van der Waals surface area contributed by atoms with Crippen LogP contribution in [0, 0.1) is 13.8 Å². The lowest BCUT2D eigenvalue weighted by Gasteiger charge is -2.20. The molecule has 2 N–H and O–H groups in total. The van der Waals surface area contributed by atoms with Crippen molar-refractivity contribution in [3.63, 3.8) is 0 Å². The van der Waals surface area contributed by atoms with E-state index in [9.17, 15) is 9.59 Å². The second-order valence-electron chi connectivity index (χ2n) is 7.03. The summed E-state index contributed by atoms with van der Waals surface area (Å²) >= 11 is 5.90. The summed E-state index contributed by atoms with van der Waals surface area (Å²) in [5.74, 6) is -0.580. The number of anilines is 1. The normalized spacial score (nSPS) is 11.6. The summed E-state index contributed by atoms with van der Waals surface area (Å²) in [5, 5.41) is 6.37. The van der Waals surface area contributed by atoms with Crippen LogP contribution in [0.2, 0.25) is 5.02 Å². The molecular formula is C24H23ClN2O2. The van der Waals surface area contributed by atoms with Crippen molar-refractivity contribution in [2.24, 2.45) is 0 Å². The maximum Gasteiger partial charge on any atom is 0.251 e. The van der Waals surface area contributed by atoms with Crippen LogP contribution in [0.4, 0.5) is 5.69 Å². The highest BCUT2D eigenvalue weighted by Crippen LogP contribution is 2.17. The Morgan fingerprint density at radius 2 is 1.62 bits per heavy atom. The third-order valence-electron chi connectivity index (χ3n) is 4.66. The average molecular weight is 407 g/mol. The number of hydrogen-bond acceptors (Lipinski definition) is 2. The average Bonchev–Trinajstić information content (AvgIpc) is 2.71.